The van der Waals surface area contributed by atoms with Crippen molar-refractivity contribution in [2.24, 2.45) is 0 Å². The van der Waals surface area contributed by atoms with Crippen molar-refractivity contribution < 1.29 is 9.53 Å². The van der Waals surface area contributed by atoms with Crippen LogP contribution in [0.25, 0.3) is 0 Å². The Hall–Kier alpha value is -2.24. The second kappa shape index (κ2) is 7.85. The number of nitrogens with one attached hydrogen (secondary N) is 1. The summed E-state index contributed by atoms with van der Waals surface area (Å²) < 4.78 is 5.40. The van der Waals surface area contributed by atoms with Crippen LogP contribution < -0.4 is 5.32 Å². The van der Waals surface area contributed by atoms with Crippen LogP contribution >= 0.6 is 0 Å². The molecule has 1 fully saturated rings. The minimum absolute atomic E-state index is 0.0463. The Morgan fingerprint density at radius 1 is 1.13 bits per heavy atom. The largest absolute Gasteiger partial charge is 0.379 e. The normalized spacial score (nSPS) is 16.7. The highest BCUT2D eigenvalue weighted by Gasteiger charge is 2.20. The van der Waals surface area contributed by atoms with Gasteiger partial charge in [0.2, 0.25) is 0 Å². The van der Waals surface area contributed by atoms with Crippen LogP contribution in [0.5, 0.6) is 0 Å². The monoisotopic (exact) mass is 311 g/mol. The predicted octanol–water partition coefficient (Wildman–Crippen LogP) is 1.88. The second-order valence-electron chi connectivity index (χ2n) is 5.59. The van der Waals surface area contributed by atoms with Crippen molar-refractivity contribution in [3.63, 3.8) is 0 Å². The number of ether oxygens (including phenoxy) is 1. The fraction of sp³-hybridized carbons (Fsp3) is 0.333. The Kier molecular flexibility index (Phi) is 5.34. The molecule has 1 aromatic heterocycles. The molecule has 3 rings (SSSR count). The maximum atomic E-state index is 12.5. The topological polar surface area (TPSA) is 54.5 Å². The summed E-state index contributed by atoms with van der Waals surface area (Å²) in [7, 11) is 0. The number of morpholine rings is 1. The van der Waals surface area contributed by atoms with Gasteiger partial charge in [-0.25, -0.2) is 0 Å². The smallest absolute Gasteiger partial charge is 0.251 e. The van der Waals surface area contributed by atoms with Gasteiger partial charge >= 0.3 is 0 Å². The maximum Gasteiger partial charge on any atom is 0.251 e. The highest BCUT2D eigenvalue weighted by Crippen LogP contribution is 2.16. The van der Waals surface area contributed by atoms with Crippen molar-refractivity contribution in [2.45, 2.75) is 6.04 Å². The highest BCUT2D eigenvalue weighted by molar-refractivity contribution is 5.94. The summed E-state index contributed by atoms with van der Waals surface area (Å²) >= 11 is 0. The summed E-state index contributed by atoms with van der Waals surface area (Å²) in [5.41, 5.74) is 1.74. The summed E-state index contributed by atoms with van der Waals surface area (Å²) in [6.07, 6.45) is 3.27. The van der Waals surface area contributed by atoms with Crippen LogP contribution in [0.1, 0.15) is 22.0 Å². The molecule has 0 saturated carbocycles. The lowest BCUT2D eigenvalue weighted by Crippen LogP contribution is -2.43. The van der Waals surface area contributed by atoms with Crippen LogP contribution in [0, 0.1) is 0 Å². The van der Waals surface area contributed by atoms with Gasteiger partial charge in [0, 0.05) is 37.6 Å². The quantitative estimate of drug-likeness (QED) is 0.916. The minimum Gasteiger partial charge on any atom is -0.379 e. The van der Waals surface area contributed by atoms with Gasteiger partial charge in [0.25, 0.3) is 5.91 Å². The van der Waals surface area contributed by atoms with Crippen LogP contribution in [-0.2, 0) is 4.74 Å². The third kappa shape index (κ3) is 4.37. The highest BCUT2D eigenvalue weighted by atomic mass is 16.5. The molecule has 1 N–H and O–H groups in total. The molecule has 2 aromatic rings. The van der Waals surface area contributed by atoms with Crippen LogP contribution in [0.2, 0.25) is 0 Å². The van der Waals surface area contributed by atoms with Crippen LogP contribution in [0.15, 0.2) is 54.9 Å². The molecule has 1 atom stereocenters. The van der Waals surface area contributed by atoms with E-state index in [0.717, 1.165) is 38.4 Å². The van der Waals surface area contributed by atoms with Crippen LogP contribution in [0.4, 0.5) is 0 Å². The molecule has 5 nitrogen and oxygen atoms in total. The molecular formula is C18H21N3O2. The number of benzene rings is 1. The average molecular weight is 311 g/mol. The van der Waals surface area contributed by atoms with Gasteiger partial charge in [0.1, 0.15) is 0 Å². The zero-order valence-corrected chi connectivity index (χ0v) is 13.0. The molecule has 0 radical (unpaired) electrons. The van der Waals surface area contributed by atoms with E-state index >= 15 is 0 Å². The summed E-state index contributed by atoms with van der Waals surface area (Å²) in [4.78, 5) is 18.8. The summed E-state index contributed by atoms with van der Waals surface area (Å²) in [5, 5.41) is 3.15. The molecule has 0 bridgehead atoms. The van der Waals surface area contributed by atoms with E-state index in [9.17, 15) is 4.79 Å². The summed E-state index contributed by atoms with van der Waals surface area (Å²) in [5.74, 6) is -0.0745. The number of pyridine rings is 1. The third-order valence-corrected chi connectivity index (χ3v) is 3.99. The van der Waals surface area contributed by atoms with Gasteiger partial charge in [-0.1, -0.05) is 30.3 Å². The molecule has 1 amide bonds. The van der Waals surface area contributed by atoms with E-state index in [2.05, 4.69) is 27.3 Å². The first kappa shape index (κ1) is 15.6. The van der Waals surface area contributed by atoms with Gasteiger partial charge in [-0.05, 0) is 17.7 Å². The molecule has 0 spiro atoms. The van der Waals surface area contributed by atoms with Gasteiger partial charge in [0.05, 0.1) is 19.3 Å². The zero-order valence-electron chi connectivity index (χ0n) is 13.0. The molecule has 23 heavy (non-hydrogen) atoms. The number of rotatable bonds is 5. The fourth-order valence-corrected chi connectivity index (χ4v) is 2.71. The van der Waals surface area contributed by atoms with Gasteiger partial charge in [-0.15, -0.1) is 0 Å². The first-order chi connectivity index (χ1) is 11.3. The van der Waals surface area contributed by atoms with Gasteiger partial charge in [-0.3, -0.25) is 14.7 Å². The number of hydrogen-bond donors (Lipinski definition) is 1. The standard InChI is InChI=1S/C18H21N3O2/c22-18(16-6-8-19-9-7-16)20-17(15-4-2-1-3-5-15)14-21-10-12-23-13-11-21/h1-9,17H,10-14H2,(H,20,22). The van der Waals surface area contributed by atoms with E-state index in [0.29, 0.717) is 5.56 Å². The fourth-order valence-electron chi connectivity index (χ4n) is 2.71. The lowest BCUT2D eigenvalue weighted by molar-refractivity contribution is 0.0332. The first-order valence-corrected chi connectivity index (χ1v) is 7.89. The van der Waals surface area contributed by atoms with E-state index in [-0.39, 0.29) is 11.9 Å². The Bertz CT molecular complexity index is 613. The molecule has 1 aliphatic rings. The Morgan fingerprint density at radius 3 is 2.52 bits per heavy atom. The molecule has 1 unspecified atom stereocenters. The van der Waals surface area contributed by atoms with Crippen molar-refractivity contribution in [3.8, 4) is 0 Å². The minimum atomic E-state index is -0.0745. The zero-order chi connectivity index (χ0) is 15.9. The van der Waals surface area contributed by atoms with Crippen molar-refractivity contribution in [2.75, 3.05) is 32.8 Å². The molecule has 2 heterocycles. The van der Waals surface area contributed by atoms with Gasteiger partial charge in [0.15, 0.2) is 0 Å². The number of carbonyl (C=O) groups excluding carboxylic acids is 1. The lowest BCUT2D eigenvalue weighted by atomic mass is 10.1. The predicted molar refractivity (Wildman–Crippen MR) is 88.1 cm³/mol. The van der Waals surface area contributed by atoms with E-state index in [4.69, 9.17) is 4.74 Å². The van der Waals surface area contributed by atoms with Crippen LogP contribution in [-0.4, -0.2) is 48.6 Å². The van der Waals surface area contributed by atoms with Crippen molar-refractivity contribution in [1.29, 1.82) is 0 Å². The Morgan fingerprint density at radius 2 is 1.83 bits per heavy atom. The molecule has 1 saturated heterocycles. The van der Waals surface area contributed by atoms with Crippen molar-refractivity contribution in [1.82, 2.24) is 15.2 Å². The number of hydrogen-bond acceptors (Lipinski definition) is 4. The molecule has 1 aliphatic heterocycles. The Balaban J connectivity index is 1.73. The molecule has 120 valence electrons. The second-order valence-corrected chi connectivity index (χ2v) is 5.59. The Labute approximate surface area is 136 Å². The molecular weight excluding hydrogens is 290 g/mol. The van der Waals surface area contributed by atoms with E-state index in [1.54, 1.807) is 24.5 Å². The van der Waals surface area contributed by atoms with E-state index in [1.807, 2.05) is 18.2 Å². The molecule has 5 heteroatoms. The van der Waals surface area contributed by atoms with E-state index < -0.39 is 0 Å². The summed E-state index contributed by atoms with van der Waals surface area (Å²) in [6.45, 7) is 4.08. The van der Waals surface area contributed by atoms with Crippen LogP contribution in [0.3, 0.4) is 0 Å². The first-order valence-electron chi connectivity index (χ1n) is 7.89. The number of amides is 1. The number of nitrogens with zero attached hydrogens (tertiary/aromatic N) is 2. The van der Waals surface area contributed by atoms with E-state index in [1.165, 1.54) is 0 Å². The van der Waals surface area contributed by atoms with Gasteiger partial charge in [-0.2, -0.15) is 0 Å². The van der Waals surface area contributed by atoms with Gasteiger partial charge < -0.3 is 10.1 Å². The number of aromatic nitrogens is 1. The molecule has 0 aliphatic carbocycles. The average Bonchev–Trinajstić information content (AvgIpc) is 2.63. The lowest BCUT2D eigenvalue weighted by Gasteiger charge is -2.31. The molecule has 1 aromatic carbocycles. The SMILES string of the molecule is O=C(NC(CN1CCOCC1)c1ccccc1)c1ccncc1. The van der Waals surface area contributed by atoms with Crippen molar-refractivity contribution in [3.05, 3.63) is 66.0 Å². The third-order valence-electron chi connectivity index (χ3n) is 3.99. The number of carbonyl (C=O) groups is 1. The maximum absolute atomic E-state index is 12.5. The van der Waals surface area contributed by atoms with Crippen molar-refractivity contribution >= 4 is 5.91 Å². The summed E-state index contributed by atoms with van der Waals surface area (Å²) in [6, 6.07) is 13.5.